The second kappa shape index (κ2) is 6.12. The first-order chi connectivity index (χ1) is 12.9. The molecule has 0 atom stereocenters. The third kappa shape index (κ3) is 2.63. The van der Waals surface area contributed by atoms with E-state index in [0.29, 0.717) is 33.7 Å². The summed E-state index contributed by atoms with van der Waals surface area (Å²) < 4.78 is 7.41. The van der Waals surface area contributed by atoms with Crippen LogP contribution in [0.4, 0.5) is 5.82 Å². The van der Waals surface area contributed by atoms with E-state index in [0.717, 1.165) is 18.4 Å². The number of hydrogen-bond acceptors (Lipinski definition) is 5. The van der Waals surface area contributed by atoms with Crippen LogP contribution in [0, 0.1) is 6.92 Å². The van der Waals surface area contributed by atoms with E-state index in [1.54, 1.807) is 31.2 Å². The number of nitrogens with zero attached hydrogens (tertiary/aromatic N) is 2. The number of fused-ring (bicyclic) bond motifs is 1. The van der Waals surface area contributed by atoms with Gasteiger partial charge in [-0.1, -0.05) is 6.07 Å². The molecule has 0 spiro atoms. The highest BCUT2D eigenvalue weighted by molar-refractivity contribution is 6.01. The molecule has 0 amide bonds. The Balaban J connectivity index is 2.23. The maximum absolute atomic E-state index is 13.1. The van der Waals surface area contributed by atoms with Gasteiger partial charge in [0.15, 0.2) is 0 Å². The van der Waals surface area contributed by atoms with Crippen LogP contribution < -0.4 is 15.9 Å². The maximum atomic E-state index is 13.1. The number of anilines is 1. The standard InChI is InChI=1S/C20H19N3O4/c1-10-8-11(9-22-19(10)21)16-15(20(25)26)18(24)13-4-3-5-14(27-2)17(13)23(16)12-6-7-12/h3-5,8-9,12H,6-7H2,1-2H3,(H2,21,22)(H,25,26). The molecule has 1 aliphatic rings. The van der Waals surface area contributed by atoms with Crippen LogP contribution in [0.2, 0.25) is 0 Å². The number of pyridine rings is 2. The zero-order valence-corrected chi connectivity index (χ0v) is 15.0. The van der Waals surface area contributed by atoms with E-state index in [1.807, 2.05) is 4.57 Å². The summed E-state index contributed by atoms with van der Waals surface area (Å²) in [5, 5.41) is 10.2. The third-order valence-corrected chi connectivity index (χ3v) is 4.93. The van der Waals surface area contributed by atoms with Gasteiger partial charge in [-0.15, -0.1) is 0 Å². The molecule has 1 aliphatic carbocycles. The van der Waals surface area contributed by atoms with Gasteiger partial charge in [0.25, 0.3) is 0 Å². The molecule has 3 N–H and O–H groups in total. The van der Waals surface area contributed by atoms with E-state index in [-0.39, 0.29) is 11.6 Å². The Morgan fingerprint density at radius 2 is 2.11 bits per heavy atom. The van der Waals surface area contributed by atoms with E-state index in [9.17, 15) is 14.7 Å². The predicted molar refractivity (Wildman–Crippen MR) is 102 cm³/mol. The van der Waals surface area contributed by atoms with Crippen molar-refractivity contribution in [2.75, 3.05) is 12.8 Å². The number of methoxy groups -OCH3 is 1. The third-order valence-electron chi connectivity index (χ3n) is 4.93. The zero-order valence-electron chi connectivity index (χ0n) is 15.0. The monoisotopic (exact) mass is 365 g/mol. The zero-order chi connectivity index (χ0) is 19.3. The number of carbonyl (C=O) groups is 1. The smallest absolute Gasteiger partial charge is 0.341 e. The summed E-state index contributed by atoms with van der Waals surface area (Å²) in [6.45, 7) is 1.80. The first kappa shape index (κ1) is 17.1. The number of aromatic nitrogens is 2. The van der Waals surface area contributed by atoms with E-state index in [1.165, 1.54) is 13.3 Å². The number of benzene rings is 1. The Morgan fingerprint density at radius 3 is 2.70 bits per heavy atom. The SMILES string of the molecule is COc1cccc2c(=O)c(C(=O)O)c(-c3cnc(N)c(C)c3)n(C3CC3)c12. The van der Waals surface area contributed by atoms with Gasteiger partial charge in [0.1, 0.15) is 17.1 Å². The molecule has 2 aromatic heterocycles. The second-order valence-electron chi connectivity index (χ2n) is 6.74. The minimum Gasteiger partial charge on any atom is -0.495 e. The van der Waals surface area contributed by atoms with Gasteiger partial charge in [-0.3, -0.25) is 4.79 Å². The van der Waals surface area contributed by atoms with Crippen LogP contribution in [0.15, 0.2) is 35.3 Å². The van der Waals surface area contributed by atoms with E-state index < -0.39 is 11.4 Å². The summed E-state index contributed by atoms with van der Waals surface area (Å²) >= 11 is 0. The number of para-hydroxylation sites is 1. The average molecular weight is 365 g/mol. The lowest BCUT2D eigenvalue weighted by Gasteiger charge is -2.21. The molecule has 1 aromatic carbocycles. The van der Waals surface area contributed by atoms with Crippen molar-refractivity contribution >= 4 is 22.7 Å². The van der Waals surface area contributed by atoms with Crippen molar-refractivity contribution in [2.45, 2.75) is 25.8 Å². The van der Waals surface area contributed by atoms with Crippen LogP contribution in [-0.2, 0) is 0 Å². The fraction of sp³-hybridized carbons (Fsp3) is 0.250. The quantitative estimate of drug-likeness (QED) is 0.736. The fourth-order valence-corrected chi connectivity index (χ4v) is 3.49. The number of aromatic carboxylic acids is 1. The molecule has 0 unspecified atom stereocenters. The molecule has 7 nitrogen and oxygen atoms in total. The average Bonchev–Trinajstić information content (AvgIpc) is 3.48. The number of hydrogen-bond donors (Lipinski definition) is 2. The predicted octanol–water partition coefficient (Wildman–Crippen LogP) is 3.00. The van der Waals surface area contributed by atoms with Gasteiger partial charge < -0.3 is 20.1 Å². The number of nitrogens with two attached hydrogens (primary N) is 1. The Labute approximate surface area is 155 Å². The van der Waals surface area contributed by atoms with Crippen molar-refractivity contribution in [1.29, 1.82) is 0 Å². The van der Waals surface area contributed by atoms with Gasteiger partial charge in [-0.25, -0.2) is 9.78 Å². The highest BCUT2D eigenvalue weighted by Gasteiger charge is 2.33. The molecule has 1 saturated carbocycles. The molecule has 0 radical (unpaired) electrons. The first-order valence-electron chi connectivity index (χ1n) is 8.65. The lowest BCUT2D eigenvalue weighted by molar-refractivity contribution is 0.0696. The van der Waals surface area contributed by atoms with Crippen molar-refractivity contribution in [3.63, 3.8) is 0 Å². The van der Waals surface area contributed by atoms with Gasteiger partial charge in [-0.2, -0.15) is 0 Å². The lowest BCUT2D eigenvalue weighted by Crippen LogP contribution is -2.22. The first-order valence-corrected chi connectivity index (χ1v) is 8.65. The van der Waals surface area contributed by atoms with Crippen molar-refractivity contribution in [1.82, 2.24) is 9.55 Å². The highest BCUT2D eigenvalue weighted by atomic mass is 16.5. The van der Waals surface area contributed by atoms with Crippen LogP contribution in [-0.4, -0.2) is 27.7 Å². The summed E-state index contributed by atoms with van der Waals surface area (Å²) in [6.07, 6.45) is 3.33. The van der Waals surface area contributed by atoms with Crippen molar-refractivity contribution in [3.05, 3.63) is 51.8 Å². The molecule has 2 heterocycles. The molecule has 27 heavy (non-hydrogen) atoms. The van der Waals surface area contributed by atoms with E-state index >= 15 is 0 Å². The topological polar surface area (TPSA) is 107 Å². The molecule has 4 rings (SSSR count). The van der Waals surface area contributed by atoms with Crippen LogP contribution in [0.3, 0.4) is 0 Å². The number of ether oxygens (including phenoxy) is 1. The summed E-state index contributed by atoms with van der Waals surface area (Å²) in [7, 11) is 1.54. The molecule has 3 aromatic rings. The van der Waals surface area contributed by atoms with Crippen LogP contribution in [0.1, 0.15) is 34.8 Å². The minimum absolute atomic E-state index is 0.107. The molecule has 7 heteroatoms. The Bertz CT molecular complexity index is 1150. The number of nitrogen functional groups attached to an aromatic ring is 1. The Kier molecular flexibility index (Phi) is 3.87. The number of carboxylic acid groups (broad SMARTS) is 1. The van der Waals surface area contributed by atoms with Gasteiger partial charge >= 0.3 is 5.97 Å². The normalized spacial score (nSPS) is 13.7. The summed E-state index contributed by atoms with van der Waals surface area (Å²) in [4.78, 5) is 29.3. The highest BCUT2D eigenvalue weighted by Crippen LogP contribution is 2.43. The van der Waals surface area contributed by atoms with Gasteiger partial charge in [0.2, 0.25) is 5.43 Å². The lowest BCUT2D eigenvalue weighted by atomic mass is 10.0. The number of carboxylic acids is 1. The molecular formula is C20H19N3O4. The Morgan fingerprint density at radius 1 is 1.37 bits per heavy atom. The molecule has 0 aliphatic heterocycles. The van der Waals surface area contributed by atoms with Crippen LogP contribution in [0.25, 0.3) is 22.2 Å². The molecular weight excluding hydrogens is 346 g/mol. The largest absolute Gasteiger partial charge is 0.495 e. The van der Waals surface area contributed by atoms with Gasteiger partial charge in [-0.05, 0) is 43.5 Å². The molecule has 1 fully saturated rings. The maximum Gasteiger partial charge on any atom is 0.341 e. The van der Waals surface area contributed by atoms with Crippen LogP contribution >= 0.6 is 0 Å². The van der Waals surface area contributed by atoms with Gasteiger partial charge in [0.05, 0.1) is 23.7 Å². The summed E-state index contributed by atoms with van der Waals surface area (Å²) in [6, 6.07) is 6.98. The fourth-order valence-electron chi connectivity index (χ4n) is 3.49. The van der Waals surface area contributed by atoms with Crippen LogP contribution in [0.5, 0.6) is 5.75 Å². The van der Waals surface area contributed by atoms with E-state index in [2.05, 4.69) is 4.98 Å². The van der Waals surface area contributed by atoms with Crippen molar-refractivity contribution in [3.8, 4) is 17.0 Å². The van der Waals surface area contributed by atoms with Crippen molar-refractivity contribution in [2.24, 2.45) is 0 Å². The summed E-state index contributed by atoms with van der Waals surface area (Å²) in [5.41, 5.74) is 7.27. The number of aryl methyl sites for hydroxylation is 1. The second-order valence-corrected chi connectivity index (χ2v) is 6.74. The Hall–Kier alpha value is -3.35. The van der Waals surface area contributed by atoms with Gasteiger partial charge in [0, 0.05) is 17.8 Å². The molecule has 138 valence electrons. The molecule has 0 saturated heterocycles. The summed E-state index contributed by atoms with van der Waals surface area (Å²) in [5.74, 6) is -0.354. The van der Waals surface area contributed by atoms with E-state index in [4.69, 9.17) is 10.5 Å². The number of rotatable bonds is 4. The minimum atomic E-state index is -1.26. The molecule has 0 bridgehead atoms. The van der Waals surface area contributed by atoms with Crippen molar-refractivity contribution < 1.29 is 14.6 Å².